The third-order valence-electron chi connectivity index (χ3n) is 3.74. The maximum atomic E-state index is 5.75. The smallest absolute Gasteiger partial charge is 0.119 e. The predicted molar refractivity (Wildman–Crippen MR) is 79.7 cm³/mol. The average Bonchev–Trinajstić information content (AvgIpc) is 2.39. The lowest BCUT2D eigenvalue weighted by molar-refractivity contribution is 0.0564. The molecule has 0 amide bonds. The van der Waals surface area contributed by atoms with Gasteiger partial charge in [-0.25, -0.2) is 0 Å². The fraction of sp³-hybridized carbons (Fsp3) is 0.625. The number of rotatable bonds is 4. The van der Waals surface area contributed by atoms with Crippen molar-refractivity contribution in [2.24, 2.45) is 0 Å². The van der Waals surface area contributed by atoms with Gasteiger partial charge in [-0.05, 0) is 32.9 Å². The minimum absolute atomic E-state index is 0.298. The van der Waals surface area contributed by atoms with Crippen LogP contribution in [0.15, 0.2) is 30.3 Å². The first kappa shape index (κ1) is 14.4. The number of benzene rings is 1. The number of ether oxygens (including phenoxy) is 1. The Morgan fingerprint density at radius 3 is 2.21 bits per heavy atom. The van der Waals surface area contributed by atoms with E-state index in [0.717, 1.165) is 45.1 Å². The molecule has 1 heterocycles. The molecule has 1 aromatic carbocycles. The molecule has 0 aliphatic carbocycles. The first-order chi connectivity index (χ1) is 9.05. The summed E-state index contributed by atoms with van der Waals surface area (Å²) >= 11 is 0. The number of hydrogen-bond acceptors (Lipinski definition) is 3. The maximum Gasteiger partial charge on any atom is 0.119 e. The zero-order valence-electron chi connectivity index (χ0n) is 12.4. The molecule has 1 fully saturated rings. The SMILES string of the molecule is CC(C)(C)N1CCN(CCOc2ccccc2)CC1. The monoisotopic (exact) mass is 262 g/mol. The maximum absolute atomic E-state index is 5.75. The molecule has 19 heavy (non-hydrogen) atoms. The van der Waals surface area contributed by atoms with Gasteiger partial charge in [0.05, 0.1) is 0 Å². The van der Waals surface area contributed by atoms with E-state index in [1.54, 1.807) is 0 Å². The van der Waals surface area contributed by atoms with Gasteiger partial charge in [-0.15, -0.1) is 0 Å². The van der Waals surface area contributed by atoms with Gasteiger partial charge in [0, 0.05) is 38.3 Å². The Morgan fingerprint density at radius 2 is 1.63 bits per heavy atom. The van der Waals surface area contributed by atoms with E-state index in [4.69, 9.17) is 4.74 Å². The Morgan fingerprint density at radius 1 is 1.00 bits per heavy atom. The molecule has 2 rings (SSSR count). The summed E-state index contributed by atoms with van der Waals surface area (Å²) in [6.07, 6.45) is 0. The van der Waals surface area contributed by atoms with Crippen LogP contribution in [0, 0.1) is 0 Å². The van der Waals surface area contributed by atoms with Gasteiger partial charge in [0.1, 0.15) is 12.4 Å². The highest BCUT2D eigenvalue weighted by molar-refractivity contribution is 5.20. The van der Waals surface area contributed by atoms with E-state index in [0.29, 0.717) is 5.54 Å². The van der Waals surface area contributed by atoms with Crippen molar-refractivity contribution in [1.29, 1.82) is 0 Å². The zero-order valence-corrected chi connectivity index (χ0v) is 12.4. The largest absolute Gasteiger partial charge is 0.492 e. The minimum atomic E-state index is 0.298. The van der Waals surface area contributed by atoms with E-state index in [2.05, 4.69) is 30.6 Å². The van der Waals surface area contributed by atoms with Crippen molar-refractivity contribution in [3.05, 3.63) is 30.3 Å². The van der Waals surface area contributed by atoms with Crippen LogP contribution < -0.4 is 4.74 Å². The van der Waals surface area contributed by atoms with Crippen LogP contribution in [0.2, 0.25) is 0 Å². The normalized spacial score (nSPS) is 18.5. The highest BCUT2D eigenvalue weighted by Crippen LogP contribution is 2.15. The van der Waals surface area contributed by atoms with Crippen LogP contribution in [0.1, 0.15) is 20.8 Å². The Balaban J connectivity index is 1.66. The summed E-state index contributed by atoms with van der Waals surface area (Å²) in [4.78, 5) is 5.05. The predicted octanol–water partition coefficient (Wildman–Crippen LogP) is 2.48. The summed E-state index contributed by atoms with van der Waals surface area (Å²) < 4.78 is 5.75. The molecule has 1 aromatic rings. The topological polar surface area (TPSA) is 15.7 Å². The summed E-state index contributed by atoms with van der Waals surface area (Å²) in [6, 6.07) is 10.1. The van der Waals surface area contributed by atoms with E-state index in [1.807, 2.05) is 30.3 Å². The summed E-state index contributed by atoms with van der Waals surface area (Å²) in [7, 11) is 0. The molecule has 0 saturated carbocycles. The molecule has 0 N–H and O–H groups in total. The molecular formula is C16H26N2O. The fourth-order valence-corrected chi connectivity index (χ4v) is 2.45. The lowest BCUT2D eigenvalue weighted by Gasteiger charge is -2.42. The van der Waals surface area contributed by atoms with Crippen LogP contribution in [0.3, 0.4) is 0 Å². The van der Waals surface area contributed by atoms with Gasteiger partial charge in [-0.3, -0.25) is 9.80 Å². The van der Waals surface area contributed by atoms with Gasteiger partial charge in [-0.1, -0.05) is 18.2 Å². The highest BCUT2D eigenvalue weighted by atomic mass is 16.5. The molecule has 106 valence electrons. The Kier molecular flexibility index (Phi) is 4.83. The van der Waals surface area contributed by atoms with E-state index in [-0.39, 0.29) is 0 Å². The number of hydrogen-bond donors (Lipinski definition) is 0. The van der Waals surface area contributed by atoms with Gasteiger partial charge < -0.3 is 4.74 Å². The number of piperazine rings is 1. The molecule has 0 spiro atoms. The molecule has 3 heteroatoms. The third-order valence-corrected chi connectivity index (χ3v) is 3.74. The average molecular weight is 262 g/mol. The molecule has 0 atom stereocenters. The molecule has 0 unspecified atom stereocenters. The molecule has 1 saturated heterocycles. The van der Waals surface area contributed by atoms with Crippen molar-refractivity contribution in [2.45, 2.75) is 26.3 Å². The second kappa shape index (κ2) is 6.40. The second-order valence-corrected chi connectivity index (χ2v) is 6.16. The second-order valence-electron chi connectivity index (χ2n) is 6.16. The highest BCUT2D eigenvalue weighted by Gasteiger charge is 2.25. The van der Waals surface area contributed by atoms with E-state index in [1.165, 1.54) is 0 Å². The van der Waals surface area contributed by atoms with Crippen molar-refractivity contribution >= 4 is 0 Å². The Labute approximate surface area is 117 Å². The number of para-hydroxylation sites is 1. The number of nitrogens with zero attached hydrogens (tertiary/aromatic N) is 2. The van der Waals surface area contributed by atoms with Crippen molar-refractivity contribution < 1.29 is 4.74 Å². The first-order valence-electron chi connectivity index (χ1n) is 7.21. The molecule has 0 bridgehead atoms. The van der Waals surface area contributed by atoms with Crippen molar-refractivity contribution in [1.82, 2.24) is 9.80 Å². The van der Waals surface area contributed by atoms with Crippen molar-refractivity contribution in [3.63, 3.8) is 0 Å². The fourth-order valence-electron chi connectivity index (χ4n) is 2.45. The summed E-state index contributed by atoms with van der Waals surface area (Å²) in [5, 5.41) is 0. The van der Waals surface area contributed by atoms with Crippen LogP contribution in [0.4, 0.5) is 0 Å². The van der Waals surface area contributed by atoms with E-state index in [9.17, 15) is 0 Å². The van der Waals surface area contributed by atoms with Gasteiger partial charge in [0.15, 0.2) is 0 Å². The molecule has 0 radical (unpaired) electrons. The van der Waals surface area contributed by atoms with Crippen molar-refractivity contribution in [3.8, 4) is 5.75 Å². The molecule has 1 aliphatic rings. The third kappa shape index (κ3) is 4.51. The van der Waals surface area contributed by atoms with Crippen LogP contribution in [-0.4, -0.2) is 54.7 Å². The van der Waals surface area contributed by atoms with Gasteiger partial charge >= 0.3 is 0 Å². The first-order valence-corrected chi connectivity index (χ1v) is 7.21. The summed E-state index contributed by atoms with van der Waals surface area (Å²) in [6.45, 7) is 13.3. The quantitative estimate of drug-likeness (QED) is 0.829. The van der Waals surface area contributed by atoms with Gasteiger partial charge in [0.25, 0.3) is 0 Å². The van der Waals surface area contributed by atoms with Crippen LogP contribution in [0.5, 0.6) is 5.75 Å². The van der Waals surface area contributed by atoms with E-state index >= 15 is 0 Å². The van der Waals surface area contributed by atoms with Crippen LogP contribution in [-0.2, 0) is 0 Å². The lowest BCUT2D eigenvalue weighted by atomic mass is 10.1. The lowest BCUT2D eigenvalue weighted by Crippen LogP contribution is -2.53. The van der Waals surface area contributed by atoms with Crippen molar-refractivity contribution in [2.75, 3.05) is 39.3 Å². The van der Waals surface area contributed by atoms with Crippen LogP contribution >= 0.6 is 0 Å². The minimum Gasteiger partial charge on any atom is -0.492 e. The summed E-state index contributed by atoms with van der Waals surface area (Å²) in [5.74, 6) is 0.968. The molecular weight excluding hydrogens is 236 g/mol. The molecule has 3 nitrogen and oxygen atoms in total. The molecule has 1 aliphatic heterocycles. The standard InChI is InChI=1S/C16H26N2O/c1-16(2,3)18-11-9-17(10-12-18)13-14-19-15-7-5-4-6-8-15/h4-8H,9-14H2,1-3H3. The van der Waals surface area contributed by atoms with Crippen LogP contribution in [0.25, 0.3) is 0 Å². The van der Waals surface area contributed by atoms with Gasteiger partial charge in [0.2, 0.25) is 0 Å². The summed E-state index contributed by atoms with van der Waals surface area (Å²) in [5.41, 5.74) is 0.298. The Bertz CT molecular complexity index is 364. The molecule has 0 aromatic heterocycles. The van der Waals surface area contributed by atoms with E-state index < -0.39 is 0 Å². The zero-order chi connectivity index (χ0) is 13.7. The van der Waals surface area contributed by atoms with Gasteiger partial charge in [-0.2, -0.15) is 0 Å². The Hall–Kier alpha value is -1.06.